The third kappa shape index (κ3) is 4.61. The number of rotatable bonds is 4. The zero-order valence-corrected chi connectivity index (χ0v) is 13.1. The Labute approximate surface area is 128 Å². The van der Waals surface area contributed by atoms with Gasteiger partial charge >= 0.3 is 0 Å². The molecule has 1 aromatic heterocycles. The fourth-order valence-corrected chi connectivity index (χ4v) is 3.00. The summed E-state index contributed by atoms with van der Waals surface area (Å²) in [6, 6.07) is 3.82. The van der Waals surface area contributed by atoms with Gasteiger partial charge in [0.25, 0.3) is 5.91 Å². The second kappa shape index (κ2) is 8.07. The number of hydrogen-bond donors (Lipinski definition) is 1. The minimum absolute atomic E-state index is 0. The van der Waals surface area contributed by atoms with Crippen LogP contribution in [-0.2, 0) is 16.1 Å². The highest BCUT2D eigenvalue weighted by Crippen LogP contribution is 2.23. The molecule has 1 saturated heterocycles. The highest BCUT2D eigenvalue weighted by atomic mass is 35.5. The van der Waals surface area contributed by atoms with E-state index in [1.807, 2.05) is 19.1 Å². The number of nitrogens with zero attached hydrogens (tertiary/aromatic N) is 1. The lowest BCUT2D eigenvalue weighted by Gasteiger charge is -2.28. The molecular weight excluding hydrogens is 307 g/mol. The average molecular weight is 325 g/mol. The molecule has 1 fully saturated rings. The van der Waals surface area contributed by atoms with Crippen molar-refractivity contribution in [1.29, 1.82) is 0 Å². The standard InChI is InChI=1S/C12H17ClN2O2S.ClH/c1-2-15(8-9-3-4-11(13)18-9)12(16)10-7-14-5-6-17-10;/h3-4,10,14H,2,5-8H2,1H3;1H. The van der Waals surface area contributed by atoms with Crippen LogP contribution in [0.5, 0.6) is 0 Å². The molecule has 1 N–H and O–H groups in total. The molecule has 0 bridgehead atoms. The summed E-state index contributed by atoms with van der Waals surface area (Å²) in [5.74, 6) is 0.0502. The number of halogens is 2. The summed E-state index contributed by atoms with van der Waals surface area (Å²) in [6.07, 6.45) is -0.353. The Morgan fingerprint density at radius 2 is 2.42 bits per heavy atom. The summed E-state index contributed by atoms with van der Waals surface area (Å²) in [6.45, 7) is 5.26. The van der Waals surface area contributed by atoms with Gasteiger partial charge in [0.05, 0.1) is 17.5 Å². The molecule has 2 rings (SSSR count). The van der Waals surface area contributed by atoms with Crippen molar-refractivity contribution in [3.63, 3.8) is 0 Å². The molecule has 0 saturated carbocycles. The van der Waals surface area contributed by atoms with Gasteiger partial charge in [-0.1, -0.05) is 11.6 Å². The molecule has 0 radical (unpaired) electrons. The summed E-state index contributed by atoms with van der Waals surface area (Å²) in [5, 5.41) is 3.17. The molecule has 0 aliphatic carbocycles. The number of hydrogen-bond acceptors (Lipinski definition) is 4. The number of carbonyl (C=O) groups excluding carboxylic acids is 1. The van der Waals surface area contributed by atoms with Crippen LogP contribution in [0.15, 0.2) is 12.1 Å². The Kier molecular flexibility index (Phi) is 7.10. The van der Waals surface area contributed by atoms with Gasteiger partial charge in [-0.05, 0) is 19.1 Å². The molecule has 0 aromatic carbocycles. The quantitative estimate of drug-likeness (QED) is 0.922. The zero-order valence-electron chi connectivity index (χ0n) is 10.7. The second-order valence-corrected chi connectivity index (χ2v) is 5.92. The maximum atomic E-state index is 12.3. The minimum atomic E-state index is -0.353. The summed E-state index contributed by atoms with van der Waals surface area (Å²) in [5.41, 5.74) is 0. The predicted octanol–water partition coefficient (Wildman–Crippen LogP) is 2.16. The lowest BCUT2D eigenvalue weighted by Crippen LogP contribution is -2.49. The van der Waals surface area contributed by atoms with Crippen molar-refractivity contribution in [2.45, 2.75) is 19.6 Å². The van der Waals surface area contributed by atoms with E-state index in [4.69, 9.17) is 16.3 Å². The maximum Gasteiger partial charge on any atom is 0.253 e. The van der Waals surface area contributed by atoms with E-state index in [1.165, 1.54) is 11.3 Å². The Morgan fingerprint density at radius 1 is 1.63 bits per heavy atom. The number of thiophene rings is 1. The van der Waals surface area contributed by atoms with E-state index in [1.54, 1.807) is 4.90 Å². The van der Waals surface area contributed by atoms with Crippen LogP contribution < -0.4 is 5.32 Å². The molecule has 1 aliphatic heterocycles. The van der Waals surface area contributed by atoms with Crippen molar-refractivity contribution in [2.75, 3.05) is 26.2 Å². The van der Waals surface area contributed by atoms with Crippen LogP contribution in [0.2, 0.25) is 4.34 Å². The smallest absolute Gasteiger partial charge is 0.253 e. The Balaban J connectivity index is 0.00000180. The van der Waals surface area contributed by atoms with Crippen molar-refractivity contribution in [3.8, 4) is 0 Å². The lowest BCUT2D eigenvalue weighted by atomic mass is 10.2. The number of amides is 1. The van der Waals surface area contributed by atoms with Crippen molar-refractivity contribution in [1.82, 2.24) is 10.2 Å². The molecule has 1 aromatic rings. The monoisotopic (exact) mass is 324 g/mol. The molecule has 1 unspecified atom stereocenters. The van der Waals surface area contributed by atoms with Crippen LogP contribution in [0.1, 0.15) is 11.8 Å². The molecule has 1 amide bonds. The zero-order chi connectivity index (χ0) is 13.0. The van der Waals surface area contributed by atoms with Gasteiger partial charge in [0, 0.05) is 24.5 Å². The Bertz CT molecular complexity index is 408. The van der Waals surface area contributed by atoms with Gasteiger partial charge in [-0.2, -0.15) is 0 Å². The molecule has 0 spiro atoms. The van der Waals surface area contributed by atoms with Crippen molar-refractivity contribution in [3.05, 3.63) is 21.3 Å². The SMILES string of the molecule is CCN(Cc1ccc(Cl)s1)C(=O)C1CNCCO1.Cl. The van der Waals surface area contributed by atoms with Gasteiger partial charge in [0.1, 0.15) is 6.10 Å². The first-order valence-electron chi connectivity index (χ1n) is 6.06. The summed E-state index contributed by atoms with van der Waals surface area (Å²) in [7, 11) is 0. The van der Waals surface area contributed by atoms with E-state index in [9.17, 15) is 4.79 Å². The number of carbonyl (C=O) groups is 1. The topological polar surface area (TPSA) is 41.6 Å². The molecule has 1 aliphatic rings. The molecule has 19 heavy (non-hydrogen) atoms. The fourth-order valence-electron chi connectivity index (χ4n) is 1.90. The van der Waals surface area contributed by atoms with Gasteiger partial charge in [-0.3, -0.25) is 4.79 Å². The summed E-state index contributed by atoms with van der Waals surface area (Å²) < 4.78 is 6.24. The first-order chi connectivity index (χ1) is 8.70. The van der Waals surface area contributed by atoms with E-state index < -0.39 is 0 Å². The van der Waals surface area contributed by atoms with Crippen LogP contribution in [0, 0.1) is 0 Å². The van der Waals surface area contributed by atoms with Crippen molar-refractivity contribution in [2.24, 2.45) is 0 Å². The highest BCUT2D eigenvalue weighted by molar-refractivity contribution is 7.16. The molecule has 1 atom stereocenters. The number of morpholine rings is 1. The predicted molar refractivity (Wildman–Crippen MR) is 80.3 cm³/mol. The molecule has 2 heterocycles. The molecule has 4 nitrogen and oxygen atoms in total. The first-order valence-corrected chi connectivity index (χ1v) is 7.25. The number of likely N-dealkylation sites (N-methyl/N-ethyl adjacent to an activating group) is 1. The normalized spacial score (nSPS) is 18.7. The number of ether oxygens (including phenoxy) is 1. The summed E-state index contributed by atoms with van der Waals surface area (Å²) >= 11 is 7.41. The van der Waals surface area contributed by atoms with Gasteiger partial charge in [-0.15, -0.1) is 23.7 Å². The van der Waals surface area contributed by atoms with Gasteiger partial charge in [-0.25, -0.2) is 0 Å². The summed E-state index contributed by atoms with van der Waals surface area (Å²) in [4.78, 5) is 15.2. The average Bonchev–Trinajstić information content (AvgIpc) is 2.82. The van der Waals surface area contributed by atoms with E-state index in [-0.39, 0.29) is 24.4 Å². The fraction of sp³-hybridized carbons (Fsp3) is 0.583. The number of nitrogens with one attached hydrogen (secondary N) is 1. The van der Waals surface area contributed by atoms with Gasteiger partial charge in [0.2, 0.25) is 0 Å². The van der Waals surface area contributed by atoms with E-state index >= 15 is 0 Å². The van der Waals surface area contributed by atoms with E-state index in [0.717, 1.165) is 15.8 Å². The second-order valence-electron chi connectivity index (χ2n) is 4.12. The van der Waals surface area contributed by atoms with Crippen LogP contribution in [0.25, 0.3) is 0 Å². The largest absolute Gasteiger partial charge is 0.366 e. The first kappa shape index (κ1) is 16.7. The van der Waals surface area contributed by atoms with Crippen molar-refractivity contribution >= 4 is 41.3 Å². The van der Waals surface area contributed by atoms with Gasteiger partial charge < -0.3 is 15.0 Å². The highest BCUT2D eigenvalue weighted by Gasteiger charge is 2.26. The van der Waals surface area contributed by atoms with Gasteiger partial charge in [0.15, 0.2) is 0 Å². The van der Waals surface area contributed by atoms with Crippen LogP contribution in [0.4, 0.5) is 0 Å². The van der Waals surface area contributed by atoms with E-state index in [2.05, 4.69) is 5.32 Å². The van der Waals surface area contributed by atoms with Crippen LogP contribution >= 0.6 is 35.3 Å². The molecule has 108 valence electrons. The van der Waals surface area contributed by atoms with Crippen molar-refractivity contribution < 1.29 is 9.53 Å². The Morgan fingerprint density at radius 3 is 2.95 bits per heavy atom. The minimum Gasteiger partial charge on any atom is -0.366 e. The third-order valence-electron chi connectivity index (χ3n) is 2.87. The Hall–Kier alpha value is -0.330. The lowest BCUT2D eigenvalue weighted by molar-refractivity contribution is -0.145. The van der Waals surface area contributed by atoms with Crippen LogP contribution in [0.3, 0.4) is 0 Å². The molecular formula is C12H18Cl2N2O2S. The maximum absolute atomic E-state index is 12.3. The molecule has 7 heteroatoms. The third-order valence-corrected chi connectivity index (χ3v) is 4.09. The van der Waals surface area contributed by atoms with E-state index in [0.29, 0.717) is 26.2 Å². The van der Waals surface area contributed by atoms with Crippen LogP contribution in [-0.4, -0.2) is 43.2 Å².